The second-order valence-electron chi connectivity index (χ2n) is 7.56. The summed E-state index contributed by atoms with van der Waals surface area (Å²) in [4.78, 5) is -0.239. The maximum atomic E-state index is 6.15. The lowest BCUT2D eigenvalue weighted by Crippen LogP contribution is -2.21. The molecule has 0 heterocycles. The molecule has 2 atom stereocenters. The minimum absolute atomic E-state index is 0.239. The van der Waals surface area contributed by atoms with Gasteiger partial charge in [-0.3, -0.25) is 0 Å². The van der Waals surface area contributed by atoms with Gasteiger partial charge in [0.15, 0.2) is 0 Å². The lowest BCUT2D eigenvalue weighted by Gasteiger charge is -2.29. The molecular weight excluding hydrogens is 363 g/mol. The van der Waals surface area contributed by atoms with Crippen molar-refractivity contribution in [1.82, 2.24) is 0 Å². The lowest BCUT2D eigenvalue weighted by atomic mass is 9.90. The molecule has 0 aliphatic heterocycles. The van der Waals surface area contributed by atoms with Crippen molar-refractivity contribution in [2.75, 3.05) is 0 Å². The molecule has 0 radical (unpaired) electrons. The molecule has 1 unspecified atom stereocenters. The van der Waals surface area contributed by atoms with E-state index >= 15 is 0 Å². The molecule has 0 aromatic carbocycles. The van der Waals surface area contributed by atoms with E-state index in [0.29, 0.717) is 5.25 Å². The average Bonchev–Trinajstić information content (AvgIpc) is 2.45. The Bertz CT molecular complexity index is 265. The van der Waals surface area contributed by atoms with Gasteiger partial charge in [0.25, 0.3) is 0 Å². The van der Waals surface area contributed by atoms with Crippen molar-refractivity contribution in [3.63, 3.8) is 0 Å². The minimum atomic E-state index is -0.239. The first-order valence-corrected chi connectivity index (χ1v) is 12.5. The summed E-state index contributed by atoms with van der Waals surface area (Å²) in [6.45, 7) is 11.4. The molecule has 4 heteroatoms. The Kier molecular flexibility index (Phi) is 15.3. The smallest absolute Gasteiger partial charge is 0.105 e. The Balaban J connectivity index is 4.65. The summed E-state index contributed by atoms with van der Waals surface area (Å²) >= 11 is 12.3. The number of rotatable bonds is 14. The maximum Gasteiger partial charge on any atom is 0.108 e. The van der Waals surface area contributed by atoms with Gasteiger partial charge >= 0.3 is 0 Å². The molecule has 0 fully saturated rings. The summed E-state index contributed by atoms with van der Waals surface area (Å²) in [7, 11) is 4.03. The van der Waals surface area contributed by atoms with Crippen LogP contribution >= 0.6 is 44.8 Å². The van der Waals surface area contributed by atoms with Crippen LogP contribution in [0.1, 0.15) is 98.8 Å². The third kappa shape index (κ3) is 15.3. The molecule has 0 aliphatic carbocycles. The van der Waals surface area contributed by atoms with Gasteiger partial charge in [0.1, 0.15) is 4.84 Å². The van der Waals surface area contributed by atoms with Crippen LogP contribution in [-0.4, -0.2) is 14.8 Å². The van der Waals surface area contributed by atoms with Gasteiger partial charge in [0.05, 0.1) is 0 Å². The van der Waals surface area contributed by atoms with Crippen molar-refractivity contribution >= 4 is 44.8 Å². The molecule has 0 bridgehead atoms. The predicted octanol–water partition coefficient (Wildman–Crippen LogP) is 8.90. The lowest BCUT2D eigenvalue weighted by molar-refractivity contribution is 0.390. The quantitative estimate of drug-likeness (QED) is 0.162. The average molecular weight is 402 g/mol. The van der Waals surface area contributed by atoms with Crippen LogP contribution in [0, 0.1) is 5.92 Å². The van der Waals surface area contributed by atoms with Gasteiger partial charge in [0, 0.05) is 10.00 Å². The molecular formula is C19H38Cl2S2. The van der Waals surface area contributed by atoms with Crippen LogP contribution in [0.25, 0.3) is 0 Å². The van der Waals surface area contributed by atoms with Crippen molar-refractivity contribution in [1.29, 1.82) is 0 Å². The first-order chi connectivity index (χ1) is 10.8. The van der Waals surface area contributed by atoms with Crippen molar-refractivity contribution in [3.05, 3.63) is 0 Å². The monoisotopic (exact) mass is 400 g/mol. The summed E-state index contributed by atoms with van der Waals surface area (Å²) in [5, 5.41) is 0.581. The fraction of sp³-hybridized carbons (Fsp3) is 1.00. The molecule has 0 nitrogen and oxygen atoms in total. The standard InChI is InChI=1S/C19H38Cl2S2/c1-6-8-10-12-14-16(13-11-9-7-2)17(15-18(20)21)22-23-19(3,4)5/h16-18H,6-15H2,1-5H3/t16?,17-/m0/s1. The van der Waals surface area contributed by atoms with Crippen molar-refractivity contribution in [2.45, 2.75) is 114 Å². The minimum Gasteiger partial charge on any atom is -0.105 e. The summed E-state index contributed by atoms with van der Waals surface area (Å²) in [5.41, 5.74) is 0. The molecule has 0 saturated heterocycles. The molecule has 0 spiro atoms. The number of hydrogen-bond acceptors (Lipinski definition) is 2. The van der Waals surface area contributed by atoms with Gasteiger partial charge in [-0.1, -0.05) is 101 Å². The van der Waals surface area contributed by atoms with Gasteiger partial charge < -0.3 is 0 Å². The third-order valence-electron chi connectivity index (χ3n) is 3.96. The molecule has 140 valence electrons. The van der Waals surface area contributed by atoms with E-state index in [1.54, 1.807) is 0 Å². The SMILES string of the molecule is CCCCCCC(CCCCC)[C@H](CC(Cl)Cl)SSC(C)(C)C. The van der Waals surface area contributed by atoms with Crippen LogP contribution in [0.4, 0.5) is 0 Å². The van der Waals surface area contributed by atoms with E-state index in [9.17, 15) is 0 Å². The van der Waals surface area contributed by atoms with Crippen molar-refractivity contribution in [2.24, 2.45) is 5.92 Å². The third-order valence-corrected chi connectivity index (χ3v) is 8.27. The number of alkyl halides is 2. The Morgan fingerprint density at radius 2 is 1.35 bits per heavy atom. The molecule has 0 saturated carbocycles. The maximum absolute atomic E-state index is 6.15. The number of hydrogen-bond donors (Lipinski definition) is 0. The van der Waals surface area contributed by atoms with Crippen LogP contribution < -0.4 is 0 Å². The Morgan fingerprint density at radius 3 is 1.83 bits per heavy atom. The van der Waals surface area contributed by atoms with E-state index in [4.69, 9.17) is 23.2 Å². The van der Waals surface area contributed by atoms with Crippen LogP contribution in [0.3, 0.4) is 0 Å². The second kappa shape index (κ2) is 14.4. The topological polar surface area (TPSA) is 0 Å². The van der Waals surface area contributed by atoms with E-state index in [1.807, 2.05) is 21.6 Å². The Morgan fingerprint density at radius 1 is 0.826 bits per heavy atom. The van der Waals surface area contributed by atoms with Crippen LogP contribution in [0.15, 0.2) is 0 Å². The van der Waals surface area contributed by atoms with Gasteiger partial charge in [-0.2, -0.15) is 0 Å². The van der Waals surface area contributed by atoms with Crippen LogP contribution in [-0.2, 0) is 0 Å². The highest BCUT2D eigenvalue weighted by Gasteiger charge is 2.26. The summed E-state index contributed by atoms with van der Waals surface area (Å²) < 4.78 is 0.285. The van der Waals surface area contributed by atoms with Gasteiger partial charge in [-0.15, -0.1) is 23.2 Å². The van der Waals surface area contributed by atoms with Gasteiger partial charge in [-0.25, -0.2) is 0 Å². The summed E-state index contributed by atoms with van der Waals surface area (Å²) in [6, 6.07) is 0. The molecule has 0 aromatic heterocycles. The van der Waals surface area contributed by atoms with E-state index in [2.05, 4.69) is 34.6 Å². The second-order valence-corrected chi connectivity index (χ2v) is 12.1. The molecule has 23 heavy (non-hydrogen) atoms. The van der Waals surface area contributed by atoms with Gasteiger partial charge in [0.2, 0.25) is 0 Å². The molecule has 0 rings (SSSR count). The number of unbranched alkanes of at least 4 members (excludes halogenated alkanes) is 5. The summed E-state index contributed by atoms with van der Waals surface area (Å²) in [6.07, 6.45) is 13.0. The summed E-state index contributed by atoms with van der Waals surface area (Å²) in [5.74, 6) is 0.762. The van der Waals surface area contributed by atoms with Crippen LogP contribution in [0.5, 0.6) is 0 Å². The van der Waals surface area contributed by atoms with E-state index in [0.717, 1.165) is 12.3 Å². The molecule has 0 aromatic rings. The zero-order valence-corrected chi connectivity index (χ0v) is 19.0. The van der Waals surface area contributed by atoms with Crippen molar-refractivity contribution < 1.29 is 0 Å². The zero-order chi connectivity index (χ0) is 17.7. The van der Waals surface area contributed by atoms with Crippen molar-refractivity contribution in [3.8, 4) is 0 Å². The Hall–Kier alpha value is 1.28. The number of halogens is 2. The highest BCUT2D eigenvalue weighted by Crippen LogP contribution is 2.44. The highest BCUT2D eigenvalue weighted by atomic mass is 35.5. The largest absolute Gasteiger partial charge is 0.108 e. The fourth-order valence-electron chi connectivity index (χ4n) is 2.70. The first-order valence-electron chi connectivity index (χ1n) is 9.42. The molecule has 0 aliphatic rings. The molecule has 0 amide bonds. The van der Waals surface area contributed by atoms with E-state index < -0.39 is 0 Å². The van der Waals surface area contributed by atoms with E-state index in [-0.39, 0.29) is 9.58 Å². The normalized spacial score (nSPS) is 15.1. The fourth-order valence-corrected chi connectivity index (χ4v) is 6.35. The van der Waals surface area contributed by atoms with Gasteiger partial charge in [-0.05, 0) is 25.2 Å². The highest BCUT2D eigenvalue weighted by molar-refractivity contribution is 8.77. The van der Waals surface area contributed by atoms with Crippen LogP contribution in [0.2, 0.25) is 0 Å². The predicted molar refractivity (Wildman–Crippen MR) is 115 cm³/mol. The first kappa shape index (κ1) is 24.3. The van der Waals surface area contributed by atoms with E-state index in [1.165, 1.54) is 57.8 Å². The molecule has 0 N–H and O–H groups in total. The Labute approximate surface area is 164 Å². The zero-order valence-electron chi connectivity index (χ0n) is 15.9.